The number of aryl methyl sites for hydroxylation is 1. The van der Waals surface area contributed by atoms with Crippen molar-refractivity contribution in [2.75, 3.05) is 12.4 Å². The highest BCUT2D eigenvalue weighted by Crippen LogP contribution is 2.34. The van der Waals surface area contributed by atoms with Crippen molar-refractivity contribution in [1.29, 1.82) is 0 Å². The maximum absolute atomic E-state index is 5.36. The molecule has 3 nitrogen and oxygen atoms in total. The van der Waals surface area contributed by atoms with Crippen LogP contribution in [0.5, 0.6) is 5.75 Å². The number of para-hydroxylation sites is 2. The van der Waals surface area contributed by atoms with Crippen molar-refractivity contribution in [2.24, 2.45) is 0 Å². The molecule has 0 bridgehead atoms. The lowest BCUT2D eigenvalue weighted by Crippen LogP contribution is -2.09. The zero-order valence-corrected chi connectivity index (χ0v) is 10.4. The average Bonchev–Trinajstić information content (AvgIpc) is 2.83. The van der Waals surface area contributed by atoms with Gasteiger partial charge >= 0.3 is 0 Å². The first-order chi connectivity index (χ1) is 8.88. The van der Waals surface area contributed by atoms with Gasteiger partial charge < -0.3 is 10.1 Å². The molecule has 1 aromatic heterocycles. The van der Waals surface area contributed by atoms with Crippen molar-refractivity contribution in [3.05, 3.63) is 53.9 Å². The number of benzene rings is 1. The highest BCUT2D eigenvalue weighted by molar-refractivity contribution is 5.57. The molecular formula is C15H16N2O. The molecule has 0 saturated heterocycles. The summed E-state index contributed by atoms with van der Waals surface area (Å²) in [7, 11) is 1.70. The van der Waals surface area contributed by atoms with Crippen LogP contribution in [0.1, 0.15) is 23.7 Å². The minimum atomic E-state index is 0.289. The molecule has 0 amide bonds. The fourth-order valence-corrected chi connectivity index (χ4v) is 2.50. The van der Waals surface area contributed by atoms with Crippen molar-refractivity contribution in [3.63, 3.8) is 0 Å². The minimum Gasteiger partial charge on any atom is -0.495 e. The highest BCUT2D eigenvalue weighted by atomic mass is 16.5. The summed E-state index contributed by atoms with van der Waals surface area (Å²) in [6.07, 6.45) is 4.04. The Labute approximate surface area is 107 Å². The first-order valence-corrected chi connectivity index (χ1v) is 6.22. The molecule has 1 aromatic carbocycles. The first kappa shape index (κ1) is 11.1. The largest absolute Gasteiger partial charge is 0.495 e. The molecule has 1 aliphatic rings. The molecule has 3 heteroatoms. The normalized spacial score (nSPS) is 17.3. The molecule has 1 heterocycles. The predicted molar refractivity (Wildman–Crippen MR) is 71.9 cm³/mol. The quantitative estimate of drug-likeness (QED) is 0.894. The van der Waals surface area contributed by atoms with Gasteiger partial charge in [-0.1, -0.05) is 18.2 Å². The number of rotatable bonds is 3. The third-order valence-corrected chi connectivity index (χ3v) is 3.40. The van der Waals surface area contributed by atoms with E-state index in [0.29, 0.717) is 0 Å². The Morgan fingerprint density at radius 1 is 1.22 bits per heavy atom. The molecular weight excluding hydrogens is 224 g/mol. The summed E-state index contributed by atoms with van der Waals surface area (Å²) in [5, 5.41) is 3.53. The van der Waals surface area contributed by atoms with Crippen molar-refractivity contribution < 1.29 is 4.74 Å². The van der Waals surface area contributed by atoms with E-state index in [1.807, 2.05) is 36.5 Å². The van der Waals surface area contributed by atoms with Gasteiger partial charge in [-0.25, -0.2) is 0 Å². The maximum Gasteiger partial charge on any atom is 0.141 e. The summed E-state index contributed by atoms with van der Waals surface area (Å²) in [5.41, 5.74) is 3.55. The van der Waals surface area contributed by atoms with Crippen LogP contribution in [0, 0.1) is 0 Å². The molecule has 3 rings (SSSR count). The van der Waals surface area contributed by atoms with Gasteiger partial charge in [-0.2, -0.15) is 0 Å². The highest BCUT2D eigenvalue weighted by Gasteiger charge is 2.23. The van der Waals surface area contributed by atoms with Gasteiger partial charge in [0.25, 0.3) is 0 Å². The number of aromatic nitrogens is 1. The minimum absolute atomic E-state index is 0.289. The second kappa shape index (κ2) is 4.69. The number of methoxy groups -OCH3 is 1. The van der Waals surface area contributed by atoms with Crippen LogP contribution in [-0.4, -0.2) is 12.1 Å². The van der Waals surface area contributed by atoms with Gasteiger partial charge in [0.1, 0.15) is 5.75 Å². The lowest BCUT2D eigenvalue weighted by molar-refractivity contribution is 0.416. The molecule has 1 unspecified atom stereocenters. The monoisotopic (exact) mass is 240 g/mol. The van der Waals surface area contributed by atoms with Gasteiger partial charge in [-0.3, -0.25) is 4.98 Å². The fourth-order valence-electron chi connectivity index (χ4n) is 2.50. The van der Waals surface area contributed by atoms with Crippen LogP contribution in [0.25, 0.3) is 0 Å². The van der Waals surface area contributed by atoms with E-state index < -0.39 is 0 Å². The Morgan fingerprint density at radius 2 is 2.11 bits per heavy atom. The average molecular weight is 240 g/mol. The Hall–Kier alpha value is -2.03. The number of hydrogen-bond acceptors (Lipinski definition) is 3. The van der Waals surface area contributed by atoms with Gasteiger partial charge in [0, 0.05) is 6.20 Å². The fraction of sp³-hybridized carbons (Fsp3) is 0.267. The molecule has 92 valence electrons. The van der Waals surface area contributed by atoms with E-state index in [2.05, 4.69) is 16.4 Å². The smallest absolute Gasteiger partial charge is 0.141 e. The van der Waals surface area contributed by atoms with Crippen LogP contribution < -0.4 is 10.1 Å². The van der Waals surface area contributed by atoms with Crippen LogP contribution in [-0.2, 0) is 6.42 Å². The van der Waals surface area contributed by atoms with E-state index >= 15 is 0 Å². The number of fused-ring (bicyclic) bond motifs is 1. The van der Waals surface area contributed by atoms with Gasteiger partial charge in [-0.15, -0.1) is 0 Å². The van der Waals surface area contributed by atoms with Gasteiger partial charge in [-0.05, 0) is 36.6 Å². The van der Waals surface area contributed by atoms with E-state index in [1.165, 1.54) is 11.3 Å². The molecule has 1 atom stereocenters. The Balaban J connectivity index is 1.86. The van der Waals surface area contributed by atoms with Crippen LogP contribution in [0.2, 0.25) is 0 Å². The number of nitrogens with zero attached hydrogens (tertiary/aromatic N) is 1. The summed E-state index contributed by atoms with van der Waals surface area (Å²) in [6.45, 7) is 0. The molecule has 0 fully saturated rings. The third kappa shape index (κ3) is 1.92. The second-order valence-corrected chi connectivity index (χ2v) is 4.48. The predicted octanol–water partition coefficient (Wildman–Crippen LogP) is 3.19. The molecule has 0 aliphatic heterocycles. The van der Waals surface area contributed by atoms with Crippen molar-refractivity contribution in [2.45, 2.75) is 18.9 Å². The number of pyridine rings is 1. The van der Waals surface area contributed by atoms with Crippen LogP contribution in [0.4, 0.5) is 5.69 Å². The summed E-state index contributed by atoms with van der Waals surface area (Å²) in [6, 6.07) is 12.5. The molecule has 1 aliphatic carbocycles. The van der Waals surface area contributed by atoms with Crippen LogP contribution >= 0.6 is 0 Å². The lowest BCUT2D eigenvalue weighted by atomic mass is 10.2. The van der Waals surface area contributed by atoms with Crippen LogP contribution in [0.3, 0.4) is 0 Å². The van der Waals surface area contributed by atoms with E-state index in [1.54, 1.807) is 7.11 Å². The number of anilines is 1. The Kier molecular flexibility index (Phi) is 2.89. The van der Waals surface area contributed by atoms with Crippen molar-refractivity contribution >= 4 is 5.69 Å². The Morgan fingerprint density at radius 3 is 3.00 bits per heavy atom. The summed E-state index contributed by atoms with van der Waals surface area (Å²) < 4.78 is 5.36. The number of hydrogen-bond donors (Lipinski definition) is 1. The van der Waals surface area contributed by atoms with Crippen LogP contribution in [0.15, 0.2) is 42.6 Å². The molecule has 2 aromatic rings. The number of ether oxygens (including phenoxy) is 1. The SMILES string of the molecule is COc1ccccc1NC1CCc2cccnc21. The zero-order valence-electron chi connectivity index (χ0n) is 10.4. The summed E-state index contributed by atoms with van der Waals surface area (Å²) >= 11 is 0. The number of nitrogens with one attached hydrogen (secondary N) is 1. The first-order valence-electron chi connectivity index (χ1n) is 6.22. The summed E-state index contributed by atoms with van der Waals surface area (Å²) in [5.74, 6) is 0.877. The van der Waals surface area contributed by atoms with Gasteiger partial charge in [0.05, 0.1) is 24.5 Å². The standard InChI is InChI=1S/C15H16N2O/c1-18-14-7-3-2-6-12(14)17-13-9-8-11-5-4-10-16-15(11)13/h2-7,10,13,17H,8-9H2,1H3. The van der Waals surface area contributed by atoms with Gasteiger partial charge in [0.15, 0.2) is 0 Å². The van der Waals surface area contributed by atoms with Crippen molar-refractivity contribution in [1.82, 2.24) is 4.98 Å². The second-order valence-electron chi connectivity index (χ2n) is 4.48. The Bertz CT molecular complexity index is 554. The van der Waals surface area contributed by atoms with E-state index in [0.717, 1.165) is 24.3 Å². The van der Waals surface area contributed by atoms with Gasteiger partial charge in [0.2, 0.25) is 0 Å². The lowest BCUT2D eigenvalue weighted by Gasteiger charge is -2.16. The molecule has 0 radical (unpaired) electrons. The zero-order chi connectivity index (χ0) is 12.4. The molecule has 0 saturated carbocycles. The van der Waals surface area contributed by atoms with Crippen molar-refractivity contribution in [3.8, 4) is 5.75 Å². The van der Waals surface area contributed by atoms with E-state index in [4.69, 9.17) is 4.74 Å². The van der Waals surface area contributed by atoms with E-state index in [-0.39, 0.29) is 6.04 Å². The maximum atomic E-state index is 5.36. The third-order valence-electron chi connectivity index (χ3n) is 3.40. The molecule has 1 N–H and O–H groups in total. The molecule has 0 spiro atoms. The topological polar surface area (TPSA) is 34.1 Å². The van der Waals surface area contributed by atoms with E-state index in [9.17, 15) is 0 Å². The molecule has 18 heavy (non-hydrogen) atoms. The summed E-state index contributed by atoms with van der Waals surface area (Å²) in [4.78, 5) is 4.49.